The molecular formula is C14H16N2O2S. The van der Waals surface area contributed by atoms with Crippen molar-refractivity contribution in [3.8, 4) is 6.07 Å². The second-order valence-electron chi connectivity index (χ2n) is 5.39. The van der Waals surface area contributed by atoms with Gasteiger partial charge in [-0.05, 0) is 55.9 Å². The molecule has 0 radical (unpaired) electrons. The fourth-order valence-corrected chi connectivity index (χ4v) is 3.96. The van der Waals surface area contributed by atoms with Crippen LogP contribution in [0.5, 0.6) is 0 Å². The van der Waals surface area contributed by atoms with E-state index >= 15 is 0 Å². The van der Waals surface area contributed by atoms with Crippen molar-refractivity contribution in [1.29, 1.82) is 5.26 Å². The molecule has 0 N–H and O–H groups in total. The quantitative estimate of drug-likeness (QED) is 0.827. The SMILES string of the molecule is N#Cc1ccc(S(=O)(=O)N(CC2CC2)C2CC2)cc1. The second kappa shape index (κ2) is 4.62. The van der Waals surface area contributed by atoms with Gasteiger partial charge in [0.05, 0.1) is 16.5 Å². The maximum absolute atomic E-state index is 12.6. The fourth-order valence-electron chi connectivity index (χ4n) is 2.20. The molecule has 0 unspecified atom stereocenters. The summed E-state index contributed by atoms with van der Waals surface area (Å²) in [6.45, 7) is 0.660. The molecule has 2 fully saturated rings. The van der Waals surface area contributed by atoms with Crippen molar-refractivity contribution < 1.29 is 8.42 Å². The molecule has 0 aliphatic heterocycles. The number of hydrogen-bond acceptors (Lipinski definition) is 3. The van der Waals surface area contributed by atoms with Crippen LogP contribution in [0.1, 0.15) is 31.2 Å². The number of benzene rings is 1. The molecule has 2 aliphatic rings. The Kier molecular flexibility index (Phi) is 3.08. The maximum atomic E-state index is 12.6. The Morgan fingerprint density at radius 1 is 1.16 bits per heavy atom. The lowest BCUT2D eigenvalue weighted by Crippen LogP contribution is -2.34. The van der Waals surface area contributed by atoms with Gasteiger partial charge in [0.15, 0.2) is 0 Å². The normalized spacial score (nSPS) is 19.4. The Hall–Kier alpha value is -1.38. The van der Waals surface area contributed by atoms with Crippen LogP contribution in [-0.4, -0.2) is 25.3 Å². The van der Waals surface area contributed by atoms with E-state index in [4.69, 9.17) is 5.26 Å². The van der Waals surface area contributed by atoms with Crippen LogP contribution in [0.3, 0.4) is 0 Å². The van der Waals surface area contributed by atoms with Crippen LogP contribution in [0.25, 0.3) is 0 Å². The van der Waals surface area contributed by atoms with E-state index in [9.17, 15) is 8.42 Å². The van der Waals surface area contributed by atoms with Crippen LogP contribution in [0, 0.1) is 17.2 Å². The van der Waals surface area contributed by atoms with Crippen LogP contribution < -0.4 is 0 Å². The van der Waals surface area contributed by atoms with Crippen molar-refractivity contribution in [2.45, 2.75) is 36.6 Å². The van der Waals surface area contributed by atoms with E-state index in [0.717, 1.165) is 25.7 Å². The molecule has 1 aromatic rings. The number of nitriles is 1. The van der Waals surface area contributed by atoms with Crippen molar-refractivity contribution in [2.75, 3.05) is 6.54 Å². The first-order valence-electron chi connectivity index (χ1n) is 6.63. The molecule has 5 heteroatoms. The van der Waals surface area contributed by atoms with Crippen molar-refractivity contribution in [1.82, 2.24) is 4.31 Å². The minimum absolute atomic E-state index is 0.196. The highest BCUT2D eigenvalue weighted by atomic mass is 32.2. The van der Waals surface area contributed by atoms with Crippen LogP contribution >= 0.6 is 0 Å². The van der Waals surface area contributed by atoms with Gasteiger partial charge in [-0.1, -0.05) is 0 Å². The predicted octanol–water partition coefficient (Wildman–Crippen LogP) is 2.12. The average Bonchev–Trinajstić information content (AvgIpc) is 3.28. The first kappa shape index (κ1) is 12.6. The summed E-state index contributed by atoms with van der Waals surface area (Å²) in [5.41, 5.74) is 0.485. The highest BCUT2D eigenvalue weighted by molar-refractivity contribution is 7.89. The van der Waals surface area contributed by atoms with Gasteiger partial charge in [-0.3, -0.25) is 0 Å². The number of rotatable bonds is 5. The molecule has 0 amide bonds. The Labute approximate surface area is 113 Å². The number of sulfonamides is 1. The summed E-state index contributed by atoms with van der Waals surface area (Å²) < 4.78 is 26.9. The van der Waals surface area contributed by atoms with Gasteiger partial charge in [-0.2, -0.15) is 9.57 Å². The van der Waals surface area contributed by atoms with Gasteiger partial charge in [0.25, 0.3) is 0 Å². The molecule has 2 saturated carbocycles. The summed E-state index contributed by atoms with van der Waals surface area (Å²) in [6, 6.07) is 8.40. The monoisotopic (exact) mass is 276 g/mol. The lowest BCUT2D eigenvalue weighted by molar-refractivity contribution is 0.389. The topological polar surface area (TPSA) is 61.2 Å². The summed E-state index contributed by atoms with van der Waals surface area (Å²) >= 11 is 0. The molecule has 100 valence electrons. The number of nitrogens with zero attached hydrogens (tertiary/aromatic N) is 2. The molecule has 0 bridgehead atoms. The third-order valence-corrected chi connectivity index (χ3v) is 5.61. The molecule has 0 aromatic heterocycles. The van der Waals surface area contributed by atoms with Crippen molar-refractivity contribution in [2.24, 2.45) is 5.92 Å². The summed E-state index contributed by atoms with van der Waals surface area (Å²) in [5.74, 6) is 0.550. The van der Waals surface area contributed by atoms with Gasteiger partial charge < -0.3 is 0 Å². The maximum Gasteiger partial charge on any atom is 0.243 e. The van der Waals surface area contributed by atoms with Gasteiger partial charge in [0.1, 0.15) is 0 Å². The Morgan fingerprint density at radius 2 is 1.79 bits per heavy atom. The predicted molar refractivity (Wildman–Crippen MR) is 70.8 cm³/mol. The van der Waals surface area contributed by atoms with Crippen molar-refractivity contribution in [3.05, 3.63) is 29.8 Å². The standard InChI is InChI=1S/C14H16N2O2S/c15-9-11-3-7-14(8-4-11)19(17,18)16(13-5-6-13)10-12-1-2-12/h3-4,7-8,12-13H,1-2,5-6,10H2. The smallest absolute Gasteiger partial charge is 0.207 e. The zero-order valence-corrected chi connectivity index (χ0v) is 11.4. The van der Waals surface area contributed by atoms with Gasteiger partial charge in [0, 0.05) is 12.6 Å². The molecule has 2 aliphatic carbocycles. The Bertz CT molecular complexity index is 608. The van der Waals surface area contributed by atoms with E-state index in [1.54, 1.807) is 16.4 Å². The number of hydrogen-bond donors (Lipinski definition) is 0. The van der Waals surface area contributed by atoms with E-state index in [2.05, 4.69) is 0 Å². The fraction of sp³-hybridized carbons (Fsp3) is 0.500. The zero-order chi connectivity index (χ0) is 13.5. The minimum Gasteiger partial charge on any atom is -0.207 e. The molecule has 19 heavy (non-hydrogen) atoms. The van der Waals surface area contributed by atoms with Gasteiger partial charge in [0.2, 0.25) is 10.0 Å². The largest absolute Gasteiger partial charge is 0.243 e. The van der Waals surface area contributed by atoms with Gasteiger partial charge in [-0.25, -0.2) is 8.42 Å². The third kappa shape index (κ3) is 2.65. The molecular weight excluding hydrogens is 260 g/mol. The van der Waals surface area contributed by atoms with Crippen LogP contribution in [-0.2, 0) is 10.0 Å². The molecule has 0 spiro atoms. The molecule has 0 heterocycles. The van der Waals surface area contributed by atoms with E-state index < -0.39 is 10.0 Å². The first-order valence-corrected chi connectivity index (χ1v) is 8.07. The van der Waals surface area contributed by atoms with Crippen LogP contribution in [0.2, 0.25) is 0 Å². The summed E-state index contributed by atoms with van der Waals surface area (Å²) in [5, 5.41) is 8.76. The van der Waals surface area contributed by atoms with Crippen molar-refractivity contribution in [3.63, 3.8) is 0 Å². The Morgan fingerprint density at radius 3 is 2.26 bits per heavy atom. The zero-order valence-electron chi connectivity index (χ0n) is 10.6. The first-order chi connectivity index (χ1) is 9.11. The summed E-state index contributed by atoms with van der Waals surface area (Å²) in [4.78, 5) is 0.305. The summed E-state index contributed by atoms with van der Waals surface area (Å²) in [7, 11) is -3.39. The highest BCUT2D eigenvalue weighted by Crippen LogP contribution is 2.37. The van der Waals surface area contributed by atoms with Gasteiger partial charge in [-0.15, -0.1) is 0 Å². The lowest BCUT2D eigenvalue weighted by atomic mass is 10.2. The molecule has 1 aromatic carbocycles. The molecule has 0 atom stereocenters. The van der Waals surface area contributed by atoms with Crippen LogP contribution in [0.15, 0.2) is 29.2 Å². The van der Waals surface area contributed by atoms with Gasteiger partial charge >= 0.3 is 0 Å². The lowest BCUT2D eigenvalue weighted by Gasteiger charge is -2.21. The highest BCUT2D eigenvalue weighted by Gasteiger charge is 2.40. The molecule has 3 rings (SSSR count). The van der Waals surface area contributed by atoms with E-state index in [-0.39, 0.29) is 6.04 Å². The summed E-state index contributed by atoms with van der Waals surface area (Å²) in [6.07, 6.45) is 4.24. The van der Waals surface area contributed by atoms with Crippen LogP contribution in [0.4, 0.5) is 0 Å². The molecule has 4 nitrogen and oxygen atoms in total. The Balaban J connectivity index is 1.87. The third-order valence-electron chi connectivity index (χ3n) is 3.68. The minimum atomic E-state index is -3.39. The van der Waals surface area contributed by atoms with E-state index in [0.29, 0.717) is 22.9 Å². The second-order valence-corrected chi connectivity index (χ2v) is 7.28. The van der Waals surface area contributed by atoms with E-state index in [1.165, 1.54) is 12.1 Å². The average molecular weight is 276 g/mol. The van der Waals surface area contributed by atoms with E-state index in [1.807, 2.05) is 6.07 Å². The van der Waals surface area contributed by atoms with Crippen molar-refractivity contribution >= 4 is 10.0 Å². The molecule has 0 saturated heterocycles.